The summed E-state index contributed by atoms with van der Waals surface area (Å²) in [5.74, 6) is 1.40. The molecule has 0 heterocycles. The highest BCUT2D eigenvalue weighted by Crippen LogP contribution is 2.25. The van der Waals surface area contributed by atoms with Crippen molar-refractivity contribution in [1.82, 2.24) is 4.72 Å². The summed E-state index contributed by atoms with van der Waals surface area (Å²) in [5.41, 5.74) is 2.31. The Hall–Kier alpha value is -2.05. The molecule has 0 spiro atoms. The number of sulfonamides is 1. The van der Waals surface area contributed by atoms with Gasteiger partial charge in [-0.05, 0) is 62.6 Å². The van der Waals surface area contributed by atoms with Gasteiger partial charge in [-0.1, -0.05) is 18.2 Å². The van der Waals surface area contributed by atoms with Crippen molar-refractivity contribution in [2.24, 2.45) is 0 Å². The van der Waals surface area contributed by atoms with E-state index in [-0.39, 0.29) is 17.5 Å². The highest BCUT2D eigenvalue weighted by atomic mass is 32.2. The molecule has 0 aliphatic heterocycles. The molecule has 1 N–H and O–H groups in total. The normalized spacial score (nSPS) is 12.7. The van der Waals surface area contributed by atoms with Gasteiger partial charge in [0.05, 0.1) is 18.0 Å². The lowest BCUT2D eigenvalue weighted by atomic mass is 10.1. The molecule has 0 saturated carbocycles. The summed E-state index contributed by atoms with van der Waals surface area (Å²) >= 11 is 0. The SMILES string of the molecule is COc1cc(C)c(S(=O)(=O)N[C@@H](C)COc2ccccc2C)c(C)c1. The van der Waals surface area contributed by atoms with Crippen molar-refractivity contribution in [3.8, 4) is 11.5 Å². The Morgan fingerprint density at radius 2 is 1.64 bits per heavy atom. The van der Waals surface area contributed by atoms with E-state index in [4.69, 9.17) is 9.47 Å². The molecular weight excluding hydrogens is 338 g/mol. The maximum atomic E-state index is 12.8. The molecule has 0 unspecified atom stereocenters. The standard InChI is InChI=1S/C19H25NO4S/c1-13-8-6-7-9-18(13)24-12-16(4)20-25(21,22)19-14(2)10-17(23-5)11-15(19)3/h6-11,16,20H,12H2,1-5H3/t16-/m0/s1. The molecule has 6 heteroatoms. The molecule has 2 rings (SSSR count). The fraction of sp³-hybridized carbons (Fsp3) is 0.368. The van der Waals surface area contributed by atoms with Crippen molar-refractivity contribution in [2.75, 3.05) is 13.7 Å². The zero-order chi connectivity index (χ0) is 18.6. The fourth-order valence-corrected chi connectivity index (χ4v) is 4.42. The zero-order valence-corrected chi connectivity index (χ0v) is 16.1. The van der Waals surface area contributed by atoms with E-state index < -0.39 is 10.0 Å². The van der Waals surface area contributed by atoms with Crippen LogP contribution in [0.15, 0.2) is 41.3 Å². The Bertz CT molecular complexity index is 823. The van der Waals surface area contributed by atoms with Crippen LogP contribution in [0.4, 0.5) is 0 Å². The number of nitrogens with one attached hydrogen (secondary N) is 1. The number of methoxy groups -OCH3 is 1. The first-order valence-corrected chi connectivity index (χ1v) is 9.59. The van der Waals surface area contributed by atoms with E-state index >= 15 is 0 Å². The molecule has 0 amide bonds. The first-order valence-electron chi connectivity index (χ1n) is 8.10. The van der Waals surface area contributed by atoms with E-state index in [1.165, 1.54) is 0 Å². The summed E-state index contributed by atoms with van der Waals surface area (Å²) < 4.78 is 39.1. The average Bonchev–Trinajstić information content (AvgIpc) is 2.52. The highest BCUT2D eigenvalue weighted by molar-refractivity contribution is 7.89. The van der Waals surface area contributed by atoms with Gasteiger partial charge in [0, 0.05) is 0 Å². The zero-order valence-electron chi connectivity index (χ0n) is 15.3. The Balaban J connectivity index is 2.12. The number of hydrogen-bond donors (Lipinski definition) is 1. The van der Waals surface area contributed by atoms with Crippen molar-refractivity contribution < 1.29 is 17.9 Å². The van der Waals surface area contributed by atoms with E-state index in [2.05, 4.69) is 4.72 Å². The number of aryl methyl sites for hydroxylation is 3. The largest absolute Gasteiger partial charge is 0.497 e. The number of ether oxygens (including phenoxy) is 2. The number of hydrogen-bond acceptors (Lipinski definition) is 4. The van der Waals surface area contributed by atoms with E-state index in [1.807, 2.05) is 31.2 Å². The lowest BCUT2D eigenvalue weighted by molar-refractivity contribution is 0.285. The number of rotatable bonds is 7. The molecule has 0 bridgehead atoms. The molecule has 0 radical (unpaired) electrons. The van der Waals surface area contributed by atoms with Gasteiger partial charge >= 0.3 is 0 Å². The predicted octanol–water partition coefficient (Wildman–Crippen LogP) is 3.37. The smallest absolute Gasteiger partial charge is 0.241 e. The van der Waals surface area contributed by atoms with Crippen LogP contribution in [-0.2, 0) is 10.0 Å². The molecule has 0 fully saturated rings. The van der Waals surface area contributed by atoms with Gasteiger partial charge in [-0.25, -0.2) is 13.1 Å². The Morgan fingerprint density at radius 3 is 2.20 bits per heavy atom. The van der Waals surface area contributed by atoms with Crippen molar-refractivity contribution >= 4 is 10.0 Å². The second-order valence-corrected chi connectivity index (χ2v) is 7.84. The monoisotopic (exact) mass is 363 g/mol. The first kappa shape index (κ1) is 19.3. The lowest BCUT2D eigenvalue weighted by Crippen LogP contribution is -2.37. The first-order chi connectivity index (χ1) is 11.7. The lowest BCUT2D eigenvalue weighted by Gasteiger charge is -2.18. The van der Waals surface area contributed by atoms with Gasteiger partial charge in [-0.15, -0.1) is 0 Å². The van der Waals surface area contributed by atoms with Crippen LogP contribution in [0.2, 0.25) is 0 Å². The van der Waals surface area contributed by atoms with Gasteiger partial charge < -0.3 is 9.47 Å². The Kier molecular flexibility index (Phi) is 6.08. The van der Waals surface area contributed by atoms with Crippen LogP contribution in [0.3, 0.4) is 0 Å². The van der Waals surface area contributed by atoms with Crippen LogP contribution in [-0.4, -0.2) is 28.2 Å². The van der Waals surface area contributed by atoms with Gasteiger partial charge in [-0.2, -0.15) is 0 Å². The molecule has 2 aromatic rings. The van der Waals surface area contributed by atoms with Crippen molar-refractivity contribution in [2.45, 2.75) is 38.6 Å². The molecule has 0 aliphatic carbocycles. The van der Waals surface area contributed by atoms with E-state index in [0.29, 0.717) is 16.9 Å². The molecule has 25 heavy (non-hydrogen) atoms. The van der Waals surface area contributed by atoms with Gasteiger partial charge in [-0.3, -0.25) is 0 Å². The molecule has 2 aromatic carbocycles. The van der Waals surface area contributed by atoms with Gasteiger partial charge in [0.15, 0.2) is 0 Å². The van der Waals surface area contributed by atoms with Crippen molar-refractivity contribution in [3.05, 3.63) is 53.1 Å². The van der Waals surface area contributed by atoms with Crippen LogP contribution in [0, 0.1) is 20.8 Å². The summed E-state index contributed by atoms with van der Waals surface area (Å²) in [6.07, 6.45) is 0. The Morgan fingerprint density at radius 1 is 1.04 bits per heavy atom. The molecule has 5 nitrogen and oxygen atoms in total. The van der Waals surface area contributed by atoms with Gasteiger partial charge in [0.2, 0.25) is 10.0 Å². The third-order valence-corrected chi connectivity index (χ3v) is 5.77. The molecule has 0 saturated heterocycles. The van der Waals surface area contributed by atoms with Crippen molar-refractivity contribution in [1.29, 1.82) is 0 Å². The van der Waals surface area contributed by atoms with Crippen LogP contribution < -0.4 is 14.2 Å². The van der Waals surface area contributed by atoms with Gasteiger partial charge in [0.25, 0.3) is 0 Å². The van der Waals surface area contributed by atoms with Crippen molar-refractivity contribution in [3.63, 3.8) is 0 Å². The second kappa shape index (κ2) is 7.89. The van der Waals surface area contributed by atoms with Crippen LogP contribution in [0.5, 0.6) is 11.5 Å². The second-order valence-electron chi connectivity index (χ2n) is 6.19. The molecule has 136 valence electrons. The minimum absolute atomic E-state index is 0.248. The highest BCUT2D eigenvalue weighted by Gasteiger charge is 2.23. The van der Waals surface area contributed by atoms with E-state index in [0.717, 1.165) is 11.3 Å². The van der Waals surface area contributed by atoms with Crippen LogP contribution >= 0.6 is 0 Å². The maximum Gasteiger partial charge on any atom is 0.241 e. The van der Waals surface area contributed by atoms with Gasteiger partial charge in [0.1, 0.15) is 18.1 Å². The number of benzene rings is 2. The average molecular weight is 363 g/mol. The fourth-order valence-electron chi connectivity index (χ4n) is 2.74. The van der Waals surface area contributed by atoms with Crippen LogP contribution in [0.1, 0.15) is 23.6 Å². The van der Waals surface area contributed by atoms with E-state index in [1.54, 1.807) is 40.0 Å². The summed E-state index contributed by atoms with van der Waals surface area (Å²) in [7, 11) is -2.08. The topological polar surface area (TPSA) is 64.6 Å². The molecular formula is C19H25NO4S. The molecule has 0 aromatic heterocycles. The number of para-hydroxylation sites is 1. The summed E-state index contributed by atoms with van der Waals surface area (Å²) in [4.78, 5) is 0.288. The minimum atomic E-state index is -3.65. The summed E-state index contributed by atoms with van der Waals surface area (Å²) in [5, 5.41) is 0. The summed E-state index contributed by atoms with van der Waals surface area (Å²) in [6, 6.07) is 10.7. The minimum Gasteiger partial charge on any atom is -0.497 e. The maximum absolute atomic E-state index is 12.8. The molecule has 1 atom stereocenters. The quantitative estimate of drug-likeness (QED) is 0.819. The predicted molar refractivity (Wildman–Crippen MR) is 98.9 cm³/mol. The third-order valence-electron chi connectivity index (χ3n) is 3.88. The third kappa shape index (κ3) is 4.74. The molecule has 0 aliphatic rings. The summed E-state index contributed by atoms with van der Waals surface area (Å²) in [6.45, 7) is 7.51. The Labute approximate surface area is 150 Å². The van der Waals surface area contributed by atoms with Crippen LogP contribution in [0.25, 0.3) is 0 Å². The van der Waals surface area contributed by atoms with E-state index in [9.17, 15) is 8.42 Å².